The molecule has 6 rings (SSSR count). The second-order valence-electron chi connectivity index (χ2n) is 20.3. The number of fused-ring (bicyclic) bond motifs is 2. The van der Waals surface area contributed by atoms with E-state index in [1.54, 1.807) is 53.6 Å². The molecule has 18 N–H and O–H groups in total. The molecule has 25 heteroatoms. The van der Waals surface area contributed by atoms with Gasteiger partial charge in [-0.2, -0.15) is 0 Å². The summed E-state index contributed by atoms with van der Waals surface area (Å²) < 4.78 is 0. The van der Waals surface area contributed by atoms with Gasteiger partial charge in [0.15, 0.2) is 11.9 Å². The molecule has 0 saturated carbocycles. The summed E-state index contributed by atoms with van der Waals surface area (Å²) in [6.07, 6.45) is 2.14. The van der Waals surface area contributed by atoms with Crippen molar-refractivity contribution in [2.75, 3.05) is 26.2 Å². The van der Waals surface area contributed by atoms with Gasteiger partial charge in [-0.15, -0.1) is 0 Å². The summed E-state index contributed by atoms with van der Waals surface area (Å²) >= 11 is 6.25. The molecule has 0 spiro atoms. The van der Waals surface area contributed by atoms with Crippen LogP contribution in [0.15, 0.2) is 85.1 Å². The van der Waals surface area contributed by atoms with Crippen LogP contribution >= 0.6 is 11.6 Å². The number of nitrogens with two attached hydrogens (primary N) is 3. The molecule has 2 aliphatic rings. The predicted molar refractivity (Wildman–Crippen MR) is 302 cm³/mol. The van der Waals surface area contributed by atoms with Crippen LogP contribution in [-0.2, 0) is 57.6 Å². The standard InChI is InChI=1S/C55H75ClN16O8/c1-32(73)66-41(16-9-23-63-54(58)59)50(77)71-46-29-47(74)62-22-8-7-15-40(48(57)75)67-52(79)44(28-36-30-65-39-14-6-5-13-38(36)39)69-49(76)42(17-10-24-64-55(60)61)68-51(78)43(26-33-11-3-2-4-12-33)70-53(80)45-27-35(31-72(45)46)25-34-18-20-37(56)21-19-34/h2-6,11-14,18-21,30,35,40-46,65H,7-10,15-17,22-29,31H2,1H3,(H2,57,75)(H,62,74)(H,66,73)(H,67,79)(H,68,78)(H,69,76)(H,70,80)(H,71,77)(H4,58,59,63)(H4,60,61,64)/t35-,40+,41+,42+,43-,44+,45+,46-/m1/s1. The van der Waals surface area contributed by atoms with Crippen LogP contribution in [0.2, 0.25) is 5.02 Å². The van der Waals surface area contributed by atoms with Gasteiger partial charge < -0.3 is 70.0 Å². The smallest absolute Gasteiger partial charge is 0.243 e. The molecule has 8 amide bonds. The minimum absolute atomic E-state index is 0.0197. The number of rotatable bonds is 18. The second kappa shape index (κ2) is 30.2. The van der Waals surface area contributed by atoms with Crippen LogP contribution in [0.5, 0.6) is 0 Å². The molecule has 0 radical (unpaired) electrons. The lowest BCUT2D eigenvalue weighted by Gasteiger charge is -2.34. The van der Waals surface area contributed by atoms with Crippen LogP contribution in [0.4, 0.5) is 0 Å². The number of carbonyl (C=O) groups is 8. The quantitative estimate of drug-likeness (QED) is 0.0358. The van der Waals surface area contributed by atoms with Gasteiger partial charge in [0.25, 0.3) is 0 Å². The van der Waals surface area contributed by atoms with Crippen molar-refractivity contribution < 1.29 is 38.4 Å². The number of benzene rings is 3. The molecule has 2 fully saturated rings. The van der Waals surface area contributed by atoms with E-state index in [2.05, 4.69) is 52.8 Å². The molecule has 24 nitrogen and oxygen atoms in total. The van der Waals surface area contributed by atoms with Crippen molar-refractivity contribution in [2.24, 2.45) is 23.1 Å². The van der Waals surface area contributed by atoms with E-state index < -0.39 is 89.7 Å². The third kappa shape index (κ3) is 19.0. The monoisotopic (exact) mass is 1120 g/mol. The van der Waals surface area contributed by atoms with Gasteiger partial charge in [0.05, 0.1) is 18.6 Å². The van der Waals surface area contributed by atoms with Crippen LogP contribution in [0, 0.1) is 16.7 Å². The molecule has 0 unspecified atom stereocenters. The molecule has 0 bridgehead atoms. The third-order valence-electron chi connectivity index (χ3n) is 14.1. The molecular formula is C55H75ClN16O8. The lowest BCUT2D eigenvalue weighted by Crippen LogP contribution is -2.61. The number of hydrogen-bond donors (Lipinski definition) is 15. The number of hydrogen-bond acceptors (Lipinski definition) is 11. The van der Waals surface area contributed by atoms with E-state index in [-0.39, 0.29) is 95.4 Å². The Morgan fingerprint density at radius 3 is 2.06 bits per heavy atom. The summed E-state index contributed by atoms with van der Waals surface area (Å²) in [7, 11) is 0. The number of primary amides is 1. The zero-order chi connectivity index (χ0) is 57.7. The maximum Gasteiger partial charge on any atom is 0.243 e. The Hall–Kier alpha value is -8.25. The largest absolute Gasteiger partial charge is 0.370 e. The highest BCUT2D eigenvalue weighted by atomic mass is 35.5. The van der Waals surface area contributed by atoms with Crippen LogP contribution in [0.3, 0.4) is 0 Å². The number of guanidine groups is 2. The van der Waals surface area contributed by atoms with Gasteiger partial charge in [-0.05, 0) is 98.6 Å². The van der Waals surface area contributed by atoms with E-state index in [0.29, 0.717) is 41.8 Å². The Morgan fingerprint density at radius 1 is 0.738 bits per heavy atom. The molecule has 430 valence electrons. The van der Waals surface area contributed by atoms with Gasteiger partial charge in [-0.25, -0.2) is 0 Å². The molecule has 2 aliphatic heterocycles. The first-order chi connectivity index (χ1) is 38.3. The predicted octanol–water partition coefficient (Wildman–Crippen LogP) is 0.128. The molecule has 0 aliphatic carbocycles. The van der Waals surface area contributed by atoms with Crippen LogP contribution in [0.1, 0.15) is 81.4 Å². The molecular weight excluding hydrogens is 1050 g/mol. The zero-order valence-electron chi connectivity index (χ0n) is 44.8. The molecule has 4 aromatic rings. The van der Waals surface area contributed by atoms with Gasteiger partial charge in [0, 0.05) is 68.1 Å². The van der Waals surface area contributed by atoms with Crippen molar-refractivity contribution in [3.63, 3.8) is 0 Å². The highest BCUT2D eigenvalue weighted by Crippen LogP contribution is 2.30. The van der Waals surface area contributed by atoms with Crippen molar-refractivity contribution >= 4 is 81.7 Å². The number of halogens is 1. The first-order valence-electron chi connectivity index (χ1n) is 26.9. The average Bonchev–Trinajstić information content (AvgIpc) is 4.11. The third-order valence-corrected chi connectivity index (χ3v) is 14.4. The molecule has 8 atom stereocenters. The maximum atomic E-state index is 15.2. The van der Waals surface area contributed by atoms with E-state index >= 15 is 4.79 Å². The number of amides is 8. The summed E-state index contributed by atoms with van der Waals surface area (Å²) in [6, 6.07) is 16.3. The Balaban J connectivity index is 1.39. The molecule has 1 aromatic heterocycles. The lowest BCUT2D eigenvalue weighted by atomic mass is 9.96. The molecule has 80 heavy (non-hydrogen) atoms. The second-order valence-corrected chi connectivity index (χ2v) is 20.8. The first-order valence-corrected chi connectivity index (χ1v) is 27.3. The van der Waals surface area contributed by atoms with Crippen LogP contribution in [-0.4, -0.2) is 138 Å². The van der Waals surface area contributed by atoms with Gasteiger partial charge >= 0.3 is 0 Å². The molecule has 3 heterocycles. The van der Waals surface area contributed by atoms with Crippen molar-refractivity contribution in [2.45, 2.75) is 126 Å². The zero-order valence-corrected chi connectivity index (χ0v) is 45.6. The topological polar surface area (TPSA) is 390 Å². The Bertz CT molecular complexity index is 2820. The van der Waals surface area contributed by atoms with Gasteiger partial charge in [0.1, 0.15) is 30.2 Å². The number of para-hydroxylation sites is 1. The fraction of sp³-hybridized carbons (Fsp3) is 0.455. The summed E-state index contributed by atoms with van der Waals surface area (Å²) in [5.41, 5.74) is 19.9. The fourth-order valence-corrected chi connectivity index (χ4v) is 10.2. The number of aromatic amines is 1. The minimum atomic E-state index is -1.32. The number of nitrogens with zero attached hydrogens (tertiary/aromatic N) is 1. The van der Waals surface area contributed by atoms with Crippen molar-refractivity contribution in [1.82, 2.24) is 57.7 Å². The minimum Gasteiger partial charge on any atom is -0.370 e. The lowest BCUT2D eigenvalue weighted by molar-refractivity contribution is -0.136. The van der Waals surface area contributed by atoms with E-state index in [1.165, 1.54) is 6.92 Å². The van der Waals surface area contributed by atoms with Crippen LogP contribution < -0.4 is 65.1 Å². The maximum absolute atomic E-state index is 15.2. The fourth-order valence-electron chi connectivity index (χ4n) is 10.1. The van der Waals surface area contributed by atoms with Crippen molar-refractivity contribution in [1.29, 1.82) is 10.8 Å². The number of aromatic nitrogens is 1. The van der Waals surface area contributed by atoms with Gasteiger partial charge in [-0.1, -0.05) is 72.3 Å². The summed E-state index contributed by atoms with van der Waals surface area (Å²) in [5.74, 6) is -6.12. The Kier molecular flexibility index (Phi) is 23.0. The Morgan fingerprint density at radius 2 is 1.36 bits per heavy atom. The average molecular weight is 1120 g/mol. The Labute approximate surface area is 469 Å². The normalized spacial score (nSPS) is 22.3. The summed E-state index contributed by atoms with van der Waals surface area (Å²) in [5, 5.41) is 41.9. The highest BCUT2D eigenvalue weighted by molar-refractivity contribution is 6.30. The van der Waals surface area contributed by atoms with E-state index in [4.69, 9.17) is 39.6 Å². The molecule has 3 aromatic carbocycles. The van der Waals surface area contributed by atoms with Crippen molar-refractivity contribution in [3.8, 4) is 0 Å². The van der Waals surface area contributed by atoms with E-state index in [1.807, 2.05) is 36.4 Å². The summed E-state index contributed by atoms with van der Waals surface area (Å²) in [6.45, 7) is 1.94. The summed E-state index contributed by atoms with van der Waals surface area (Å²) in [4.78, 5) is 118. The molecule has 2 saturated heterocycles. The number of H-pyrrole nitrogens is 1. The van der Waals surface area contributed by atoms with Crippen molar-refractivity contribution in [3.05, 3.63) is 107 Å². The van der Waals surface area contributed by atoms with E-state index in [0.717, 1.165) is 16.5 Å². The van der Waals surface area contributed by atoms with Crippen LogP contribution in [0.25, 0.3) is 10.9 Å². The van der Waals surface area contributed by atoms with Gasteiger partial charge in [-0.3, -0.25) is 54.1 Å². The first kappa shape index (κ1) is 61.0. The highest BCUT2D eigenvalue weighted by Gasteiger charge is 2.43. The van der Waals surface area contributed by atoms with E-state index in [9.17, 15) is 33.6 Å². The van der Waals surface area contributed by atoms with Gasteiger partial charge in [0.2, 0.25) is 47.3 Å². The number of carbonyl (C=O) groups excluding carboxylic acids is 8. The SMILES string of the molecule is CC(=O)N[C@@H](CCCNC(=N)N)C(=O)N[C@H]1CC(=O)NCCCC[C@@H](C(N)=O)NC(=O)[C@H](Cc2c[nH]c3ccccc23)NC(=O)[C@H](CCCNC(=N)N)NC(=O)[C@@H](Cc2ccccc2)NC(=O)[C@@H]2C[C@@H](Cc3ccc(Cl)cc3)CN12. The number of nitrogens with one attached hydrogen (secondary N) is 12.